The van der Waals surface area contributed by atoms with Gasteiger partial charge >= 0.3 is 0 Å². The Bertz CT molecular complexity index is 245. The maximum atomic E-state index is 2.34. The minimum atomic E-state index is 0.273. The van der Waals surface area contributed by atoms with E-state index >= 15 is 0 Å². The van der Waals surface area contributed by atoms with Crippen molar-refractivity contribution in [3.05, 3.63) is 22.8 Å². The third-order valence-corrected chi connectivity index (χ3v) is 3.42. The van der Waals surface area contributed by atoms with Crippen molar-refractivity contribution in [2.24, 2.45) is 11.3 Å². The van der Waals surface area contributed by atoms with Gasteiger partial charge in [-0.15, -0.1) is 0 Å². The van der Waals surface area contributed by atoms with E-state index in [1.807, 2.05) is 0 Å². The van der Waals surface area contributed by atoms with E-state index in [9.17, 15) is 0 Å². The average molecular weight is 194 g/mol. The molecule has 0 aliphatic heterocycles. The minimum Gasteiger partial charge on any atom is -0.0844 e. The van der Waals surface area contributed by atoms with Crippen LogP contribution < -0.4 is 0 Å². The molecular weight excluding hydrogens is 168 g/mol. The van der Waals surface area contributed by atoms with Crippen LogP contribution in [0.5, 0.6) is 0 Å². The zero-order valence-corrected chi connectivity index (χ0v) is 11.2. The third-order valence-electron chi connectivity index (χ3n) is 3.42. The molecule has 0 aliphatic rings. The SMILES string of the molecule is CC=C(C)C(=C(C)C)C(C)(C)C(C)C. The van der Waals surface area contributed by atoms with Crippen LogP contribution in [0.4, 0.5) is 0 Å². The first kappa shape index (κ1) is 13.5. The molecule has 0 fully saturated rings. The summed E-state index contributed by atoms with van der Waals surface area (Å²) in [7, 11) is 0. The second kappa shape index (κ2) is 4.82. The Morgan fingerprint density at radius 3 is 1.71 bits per heavy atom. The number of hydrogen-bond donors (Lipinski definition) is 0. The van der Waals surface area contributed by atoms with Crippen molar-refractivity contribution in [1.82, 2.24) is 0 Å². The van der Waals surface area contributed by atoms with Gasteiger partial charge in [0, 0.05) is 0 Å². The Morgan fingerprint density at radius 1 is 1.07 bits per heavy atom. The largest absolute Gasteiger partial charge is 0.0844 e. The number of rotatable bonds is 3. The molecule has 82 valence electrons. The first-order valence-corrected chi connectivity index (χ1v) is 5.56. The van der Waals surface area contributed by atoms with E-state index in [0.29, 0.717) is 5.92 Å². The first-order valence-electron chi connectivity index (χ1n) is 5.56. The molecule has 0 N–H and O–H groups in total. The van der Waals surface area contributed by atoms with Crippen LogP contribution >= 0.6 is 0 Å². The van der Waals surface area contributed by atoms with Gasteiger partial charge in [-0.3, -0.25) is 0 Å². The van der Waals surface area contributed by atoms with Gasteiger partial charge in [0.25, 0.3) is 0 Å². The van der Waals surface area contributed by atoms with Crippen molar-refractivity contribution in [3.63, 3.8) is 0 Å². The zero-order valence-electron chi connectivity index (χ0n) is 11.2. The smallest absolute Gasteiger partial charge is 0.00787 e. The van der Waals surface area contributed by atoms with Gasteiger partial charge in [0.1, 0.15) is 0 Å². The second-order valence-corrected chi connectivity index (χ2v) is 5.22. The van der Waals surface area contributed by atoms with Gasteiger partial charge < -0.3 is 0 Å². The quantitative estimate of drug-likeness (QED) is 0.556. The van der Waals surface area contributed by atoms with Crippen LogP contribution in [-0.4, -0.2) is 0 Å². The van der Waals surface area contributed by atoms with Crippen LogP contribution in [0.3, 0.4) is 0 Å². The van der Waals surface area contributed by atoms with Gasteiger partial charge in [-0.1, -0.05) is 44.9 Å². The molecule has 0 saturated heterocycles. The van der Waals surface area contributed by atoms with Gasteiger partial charge in [-0.05, 0) is 44.6 Å². The highest BCUT2D eigenvalue weighted by Crippen LogP contribution is 2.40. The molecular formula is C14H26. The fraction of sp³-hybridized carbons (Fsp3) is 0.714. The van der Waals surface area contributed by atoms with Crippen LogP contribution in [0.2, 0.25) is 0 Å². The van der Waals surface area contributed by atoms with Crippen molar-refractivity contribution in [1.29, 1.82) is 0 Å². The lowest BCUT2D eigenvalue weighted by Crippen LogP contribution is -2.23. The molecule has 0 bridgehead atoms. The van der Waals surface area contributed by atoms with E-state index in [1.54, 1.807) is 0 Å². The highest BCUT2D eigenvalue weighted by Gasteiger charge is 2.28. The van der Waals surface area contributed by atoms with Crippen molar-refractivity contribution >= 4 is 0 Å². The molecule has 0 aromatic carbocycles. The van der Waals surface area contributed by atoms with E-state index in [-0.39, 0.29) is 5.41 Å². The Morgan fingerprint density at radius 2 is 1.50 bits per heavy atom. The third kappa shape index (κ3) is 2.73. The minimum absolute atomic E-state index is 0.273. The first-order chi connectivity index (χ1) is 6.25. The van der Waals surface area contributed by atoms with Crippen molar-refractivity contribution < 1.29 is 0 Å². The average Bonchev–Trinajstić information content (AvgIpc) is 2.02. The standard InChI is InChI=1S/C14H26/c1-9-12(6)13(10(2)3)14(7,8)11(4)5/h9,11H,1-8H3. The Kier molecular flexibility index (Phi) is 4.64. The van der Waals surface area contributed by atoms with Gasteiger partial charge in [0.15, 0.2) is 0 Å². The van der Waals surface area contributed by atoms with Crippen LogP contribution in [0.15, 0.2) is 22.8 Å². The van der Waals surface area contributed by atoms with Crippen LogP contribution in [0.25, 0.3) is 0 Å². The molecule has 0 aromatic rings. The molecule has 14 heavy (non-hydrogen) atoms. The van der Waals surface area contributed by atoms with Crippen LogP contribution in [-0.2, 0) is 0 Å². The fourth-order valence-corrected chi connectivity index (χ4v) is 1.98. The highest BCUT2D eigenvalue weighted by molar-refractivity contribution is 5.37. The van der Waals surface area contributed by atoms with Gasteiger partial charge in [-0.2, -0.15) is 0 Å². The Hall–Kier alpha value is -0.520. The van der Waals surface area contributed by atoms with Crippen molar-refractivity contribution in [2.45, 2.75) is 55.4 Å². The van der Waals surface area contributed by atoms with E-state index in [2.05, 4.69) is 61.5 Å². The van der Waals surface area contributed by atoms with Gasteiger partial charge in [-0.25, -0.2) is 0 Å². The molecule has 0 spiro atoms. The zero-order chi connectivity index (χ0) is 11.5. The molecule has 0 unspecified atom stereocenters. The predicted molar refractivity (Wildman–Crippen MR) is 66.4 cm³/mol. The Labute approximate surface area is 90.1 Å². The summed E-state index contributed by atoms with van der Waals surface area (Å²) >= 11 is 0. The van der Waals surface area contributed by atoms with E-state index in [4.69, 9.17) is 0 Å². The Balaban J connectivity index is 5.38. The predicted octanol–water partition coefficient (Wildman–Crippen LogP) is 4.97. The van der Waals surface area contributed by atoms with Crippen molar-refractivity contribution in [2.75, 3.05) is 0 Å². The molecule has 0 atom stereocenters. The van der Waals surface area contributed by atoms with E-state index < -0.39 is 0 Å². The number of allylic oxidation sites excluding steroid dienone is 4. The summed E-state index contributed by atoms with van der Waals surface area (Å²) in [6.45, 7) is 18.0. The summed E-state index contributed by atoms with van der Waals surface area (Å²) in [5.74, 6) is 0.669. The fourth-order valence-electron chi connectivity index (χ4n) is 1.98. The van der Waals surface area contributed by atoms with Gasteiger partial charge in [0.2, 0.25) is 0 Å². The normalized spacial score (nSPS) is 13.4. The maximum Gasteiger partial charge on any atom is -0.00787 e. The molecule has 0 saturated carbocycles. The highest BCUT2D eigenvalue weighted by atomic mass is 14.3. The van der Waals surface area contributed by atoms with Gasteiger partial charge in [0.05, 0.1) is 0 Å². The molecule has 0 rings (SSSR count). The summed E-state index contributed by atoms with van der Waals surface area (Å²) in [5.41, 5.74) is 4.66. The lowest BCUT2D eigenvalue weighted by atomic mass is 9.70. The molecule has 0 heterocycles. The van der Waals surface area contributed by atoms with Crippen molar-refractivity contribution in [3.8, 4) is 0 Å². The maximum absolute atomic E-state index is 2.34. The van der Waals surface area contributed by atoms with Crippen LogP contribution in [0, 0.1) is 11.3 Å². The number of hydrogen-bond acceptors (Lipinski definition) is 0. The molecule has 0 aliphatic carbocycles. The lowest BCUT2D eigenvalue weighted by molar-refractivity contribution is 0.311. The van der Waals surface area contributed by atoms with E-state index in [0.717, 1.165) is 0 Å². The molecule has 0 amide bonds. The van der Waals surface area contributed by atoms with E-state index in [1.165, 1.54) is 16.7 Å². The topological polar surface area (TPSA) is 0 Å². The molecule has 0 aromatic heterocycles. The summed E-state index contributed by atoms with van der Waals surface area (Å²) in [6, 6.07) is 0. The summed E-state index contributed by atoms with van der Waals surface area (Å²) in [6.07, 6.45) is 2.21. The molecule has 0 nitrogen and oxygen atoms in total. The summed E-state index contributed by atoms with van der Waals surface area (Å²) in [4.78, 5) is 0. The van der Waals surface area contributed by atoms with Crippen LogP contribution in [0.1, 0.15) is 55.4 Å². The monoisotopic (exact) mass is 194 g/mol. The lowest BCUT2D eigenvalue weighted by Gasteiger charge is -2.34. The second-order valence-electron chi connectivity index (χ2n) is 5.22. The summed E-state index contributed by atoms with van der Waals surface area (Å²) < 4.78 is 0. The summed E-state index contributed by atoms with van der Waals surface area (Å²) in [5, 5.41) is 0. The molecule has 0 heteroatoms. The molecule has 0 radical (unpaired) electrons.